The molecular formula is C4H12ClNO4P+. The van der Waals surface area contributed by atoms with Crippen molar-refractivity contribution in [3.05, 3.63) is 0 Å². The standard InChI is InChI=1S/C4H9NO.ClH.HO3P/c1-3-6-4-2-5-1;;1-4(2)3/h5H,1-4H2;1H;(H-,1,2,3)/p+1. The molecule has 0 aromatic heterocycles. The summed E-state index contributed by atoms with van der Waals surface area (Å²) in [6.07, 6.45) is 0. The van der Waals surface area contributed by atoms with Gasteiger partial charge in [-0.25, -0.2) is 0 Å². The molecule has 0 atom stereocenters. The van der Waals surface area contributed by atoms with Crippen molar-refractivity contribution in [1.29, 1.82) is 0 Å². The Morgan fingerprint density at radius 2 is 1.64 bits per heavy atom. The van der Waals surface area contributed by atoms with Crippen molar-refractivity contribution in [1.82, 2.24) is 0 Å². The summed E-state index contributed by atoms with van der Waals surface area (Å²) in [4.78, 5) is 14.2. The highest BCUT2D eigenvalue weighted by Crippen LogP contribution is 1.98. The second kappa shape index (κ2) is 10.2. The molecule has 0 aromatic carbocycles. The van der Waals surface area contributed by atoms with Gasteiger partial charge in [-0.2, -0.15) is 0 Å². The number of hydrogen-bond acceptors (Lipinski definition) is 2. The second-order valence-corrected chi connectivity index (χ2v) is 2.24. The molecule has 0 bridgehead atoms. The Kier molecular flexibility index (Phi) is 12.8. The van der Waals surface area contributed by atoms with Crippen LogP contribution >= 0.6 is 8.25 Å². The van der Waals surface area contributed by atoms with Crippen molar-refractivity contribution >= 4 is 8.25 Å². The molecule has 1 aliphatic rings. The lowest BCUT2D eigenvalue weighted by molar-refractivity contribution is -0.670. The minimum atomic E-state index is -2.87. The summed E-state index contributed by atoms with van der Waals surface area (Å²) in [6, 6.07) is 0. The second-order valence-electron chi connectivity index (χ2n) is 1.73. The molecule has 0 unspecified atom stereocenters. The molecule has 0 aliphatic carbocycles. The molecule has 4 N–H and O–H groups in total. The molecule has 0 aromatic rings. The molecule has 1 aliphatic heterocycles. The fourth-order valence-electron chi connectivity index (χ4n) is 0.580. The number of ether oxygens (including phenoxy) is 1. The quantitative estimate of drug-likeness (QED) is 0.346. The van der Waals surface area contributed by atoms with Gasteiger partial charge in [0.2, 0.25) is 0 Å². The number of halogens is 1. The van der Waals surface area contributed by atoms with Crippen LogP contribution in [0.15, 0.2) is 0 Å². The Morgan fingerprint density at radius 1 is 1.27 bits per heavy atom. The van der Waals surface area contributed by atoms with Crippen molar-refractivity contribution in [3.63, 3.8) is 0 Å². The van der Waals surface area contributed by atoms with Crippen molar-refractivity contribution in [3.8, 4) is 0 Å². The van der Waals surface area contributed by atoms with Gasteiger partial charge < -0.3 is 22.5 Å². The minimum Gasteiger partial charge on any atom is -1.00 e. The molecule has 11 heavy (non-hydrogen) atoms. The van der Waals surface area contributed by atoms with Crippen molar-refractivity contribution in [2.24, 2.45) is 0 Å². The van der Waals surface area contributed by atoms with Gasteiger partial charge in [0.25, 0.3) is 0 Å². The highest BCUT2D eigenvalue weighted by atomic mass is 35.5. The van der Waals surface area contributed by atoms with E-state index in [2.05, 4.69) is 5.32 Å². The number of hydrogen-bond donors (Lipinski definition) is 3. The lowest BCUT2D eigenvalue weighted by Gasteiger charge is -2.07. The third-order valence-electron chi connectivity index (χ3n) is 0.933. The van der Waals surface area contributed by atoms with Crippen LogP contribution in [0.4, 0.5) is 0 Å². The fourth-order valence-corrected chi connectivity index (χ4v) is 0.580. The Morgan fingerprint density at radius 3 is 1.73 bits per heavy atom. The first-order valence-electron chi connectivity index (χ1n) is 2.98. The van der Waals surface area contributed by atoms with E-state index in [-0.39, 0.29) is 12.4 Å². The van der Waals surface area contributed by atoms with E-state index in [0.717, 1.165) is 26.3 Å². The van der Waals surface area contributed by atoms with Crippen LogP contribution in [-0.2, 0) is 9.30 Å². The minimum absolute atomic E-state index is 0. The van der Waals surface area contributed by atoms with Crippen molar-refractivity contribution in [2.45, 2.75) is 0 Å². The Balaban J connectivity index is 0. The summed E-state index contributed by atoms with van der Waals surface area (Å²) in [7, 11) is -2.87. The summed E-state index contributed by atoms with van der Waals surface area (Å²) in [5.41, 5.74) is 0. The molecule has 1 heterocycles. The topological polar surface area (TPSA) is 83.4 Å². The van der Waals surface area contributed by atoms with E-state index >= 15 is 0 Å². The SMILES string of the molecule is C1COCC[NH2+]1.O=[P+](O)O.[Cl-]. The van der Waals surface area contributed by atoms with Crippen LogP contribution in [0.2, 0.25) is 0 Å². The zero-order valence-electron chi connectivity index (χ0n) is 5.94. The molecule has 7 heteroatoms. The van der Waals surface area contributed by atoms with Crippen LogP contribution in [0, 0.1) is 0 Å². The van der Waals surface area contributed by atoms with Crippen LogP contribution in [0.25, 0.3) is 0 Å². The smallest absolute Gasteiger partial charge is 0.692 e. The van der Waals surface area contributed by atoms with E-state index in [0.29, 0.717) is 0 Å². The number of nitrogens with two attached hydrogens (primary N) is 1. The summed E-state index contributed by atoms with van der Waals surface area (Å²) >= 11 is 0. The van der Waals surface area contributed by atoms with Gasteiger partial charge in [-0.1, -0.05) is 0 Å². The van der Waals surface area contributed by atoms with E-state index in [9.17, 15) is 0 Å². The fraction of sp³-hybridized carbons (Fsp3) is 1.00. The van der Waals surface area contributed by atoms with Crippen LogP contribution in [0.5, 0.6) is 0 Å². The summed E-state index contributed by atoms with van der Waals surface area (Å²) in [5, 5.41) is 2.27. The molecule has 0 amide bonds. The lowest BCUT2D eigenvalue weighted by atomic mass is 10.5. The largest absolute Gasteiger partial charge is 1.00 e. The van der Waals surface area contributed by atoms with Crippen LogP contribution < -0.4 is 17.7 Å². The van der Waals surface area contributed by atoms with E-state index in [1.807, 2.05) is 0 Å². The van der Waals surface area contributed by atoms with Gasteiger partial charge in [-0.05, 0) is 0 Å². The van der Waals surface area contributed by atoms with Gasteiger partial charge in [0.1, 0.15) is 0 Å². The molecular weight excluding hydrogens is 192 g/mol. The van der Waals surface area contributed by atoms with Gasteiger partial charge in [0, 0.05) is 4.57 Å². The summed E-state index contributed by atoms with van der Waals surface area (Å²) < 4.78 is 13.7. The predicted molar refractivity (Wildman–Crippen MR) is 34.5 cm³/mol. The van der Waals surface area contributed by atoms with E-state index in [4.69, 9.17) is 19.1 Å². The number of morpholine rings is 1. The molecule has 5 nitrogen and oxygen atoms in total. The molecule has 1 rings (SSSR count). The van der Waals surface area contributed by atoms with Crippen LogP contribution in [-0.4, -0.2) is 36.1 Å². The third kappa shape index (κ3) is 17.9. The summed E-state index contributed by atoms with van der Waals surface area (Å²) in [5.74, 6) is 0. The molecule has 0 saturated carbocycles. The molecule has 1 fully saturated rings. The molecule has 0 radical (unpaired) electrons. The number of quaternary nitrogens is 1. The maximum atomic E-state index is 8.70. The molecule has 0 spiro atoms. The summed E-state index contributed by atoms with van der Waals surface area (Å²) in [6.45, 7) is 4.19. The lowest BCUT2D eigenvalue weighted by Crippen LogP contribution is -3.00. The van der Waals surface area contributed by atoms with E-state index in [1.165, 1.54) is 0 Å². The normalized spacial score (nSPS) is 15.5. The third-order valence-corrected chi connectivity index (χ3v) is 0.933. The van der Waals surface area contributed by atoms with E-state index in [1.54, 1.807) is 0 Å². The zero-order chi connectivity index (χ0) is 7.82. The average Bonchev–Trinajstić information content (AvgIpc) is 1.90. The maximum absolute atomic E-state index is 8.70. The van der Waals surface area contributed by atoms with Crippen molar-refractivity contribution < 1.29 is 36.8 Å². The maximum Gasteiger partial charge on any atom is 0.692 e. The van der Waals surface area contributed by atoms with Gasteiger partial charge in [-0.3, -0.25) is 0 Å². The van der Waals surface area contributed by atoms with Crippen molar-refractivity contribution in [2.75, 3.05) is 26.3 Å². The van der Waals surface area contributed by atoms with Gasteiger partial charge in [0.05, 0.1) is 26.3 Å². The number of rotatable bonds is 0. The highest BCUT2D eigenvalue weighted by molar-refractivity contribution is 7.30. The van der Waals surface area contributed by atoms with Gasteiger partial charge in [0.15, 0.2) is 0 Å². The monoisotopic (exact) mass is 204 g/mol. The van der Waals surface area contributed by atoms with E-state index < -0.39 is 8.25 Å². The first-order valence-corrected chi connectivity index (χ1v) is 4.14. The first kappa shape index (κ1) is 13.8. The van der Waals surface area contributed by atoms with Gasteiger partial charge in [-0.15, -0.1) is 9.79 Å². The molecule has 1 saturated heterocycles. The zero-order valence-corrected chi connectivity index (χ0v) is 7.59. The first-order chi connectivity index (χ1) is 4.73. The predicted octanol–water partition coefficient (Wildman–Crippen LogP) is -4.79. The van der Waals surface area contributed by atoms with Crippen LogP contribution in [0.3, 0.4) is 0 Å². The average molecular weight is 205 g/mol. The highest BCUT2D eigenvalue weighted by Gasteiger charge is 1.96. The molecule has 68 valence electrons. The Hall–Kier alpha value is 0.230. The van der Waals surface area contributed by atoms with Crippen LogP contribution in [0.1, 0.15) is 0 Å². The van der Waals surface area contributed by atoms with Gasteiger partial charge >= 0.3 is 8.25 Å². The Labute approximate surface area is 72.1 Å². The Bertz CT molecular complexity index is 84.6.